The van der Waals surface area contributed by atoms with Crippen molar-refractivity contribution in [2.45, 2.75) is 6.10 Å². The third-order valence-corrected chi connectivity index (χ3v) is 5.04. The predicted molar refractivity (Wildman–Crippen MR) is 112 cm³/mol. The Morgan fingerprint density at radius 1 is 1.14 bits per heavy atom. The second kappa shape index (κ2) is 10.6. The summed E-state index contributed by atoms with van der Waals surface area (Å²) in [6.45, 7) is 3.88. The van der Waals surface area contributed by atoms with Crippen LogP contribution in [0.4, 0.5) is 0 Å². The second-order valence-electron chi connectivity index (χ2n) is 7.13. The van der Waals surface area contributed by atoms with Crippen LogP contribution in [-0.4, -0.2) is 68.5 Å². The predicted octanol–water partition coefficient (Wildman–Crippen LogP) is 0.875. The number of quaternary nitrogens is 1. The molecule has 6 heteroatoms. The summed E-state index contributed by atoms with van der Waals surface area (Å²) in [7, 11) is 1.62. The van der Waals surface area contributed by atoms with Gasteiger partial charge in [0.1, 0.15) is 30.8 Å². The highest BCUT2D eigenvalue weighted by atomic mass is 16.5. The van der Waals surface area contributed by atoms with E-state index in [1.165, 1.54) is 4.90 Å². The summed E-state index contributed by atoms with van der Waals surface area (Å²) in [5.74, 6) is 1.51. The summed E-state index contributed by atoms with van der Waals surface area (Å²) in [6.07, 6.45) is 2.87. The van der Waals surface area contributed by atoms with E-state index in [1.54, 1.807) is 19.3 Å². The number of nitrogens with one attached hydrogen (secondary N) is 1. The van der Waals surface area contributed by atoms with Crippen LogP contribution in [0.1, 0.15) is 5.56 Å². The van der Waals surface area contributed by atoms with Crippen LogP contribution in [0.3, 0.4) is 0 Å². The van der Waals surface area contributed by atoms with Crippen LogP contribution < -0.4 is 14.4 Å². The maximum Gasteiger partial charge on any atom is 0.246 e. The lowest BCUT2D eigenvalue weighted by atomic mass is 10.2. The summed E-state index contributed by atoms with van der Waals surface area (Å²) in [5, 5.41) is 10.2. The van der Waals surface area contributed by atoms with Crippen LogP contribution in [0.15, 0.2) is 60.7 Å². The summed E-state index contributed by atoms with van der Waals surface area (Å²) in [6, 6.07) is 17.1. The van der Waals surface area contributed by atoms with Crippen molar-refractivity contribution in [3.8, 4) is 11.5 Å². The summed E-state index contributed by atoms with van der Waals surface area (Å²) < 4.78 is 10.9. The zero-order valence-corrected chi connectivity index (χ0v) is 16.8. The topological polar surface area (TPSA) is 63.4 Å². The molecule has 0 unspecified atom stereocenters. The molecule has 1 aliphatic heterocycles. The number of aliphatic hydroxyl groups is 1. The average Bonchev–Trinajstić information content (AvgIpc) is 2.77. The molecule has 1 fully saturated rings. The lowest BCUT2D eigenvalue weighted by Gasteiger charge is -2.32. The van der Waals surface area contributed by atoms with Gasteiger partial charge in [0.25, 0.3) is 0 Å². The molecule has 1 heterocycles. The van der Waals surface area contributed by atoms with E-state index in [4.69, 9.17) is 9.47 Å². The first-order valence-electron chi connectivity index (χ1n) is 9.95. The number of rotatable bonds is 8. The Morgan fingerprint density at radius 2 is 1.83 bits per heavy atom. The molecule has 154 valence electrons. The zero-order valence-electron chi connectivity index (χ0n) is 16.8. The van der Waals surface area contributed by atoms with Gasteiger partial charge in [-0.15, -0.1) is 0 Å². The lowest BCUT2D eigenvalue weighted by Crippen LogP contribution is -3.15. The fourth-order valence-corrected chi connectivity index (χ4v) is 3.42. The Hall–Kier alpha value is -2.83. The number of carbonyl (C=O) groups excluding carboxylic acids is 1. The van der Waals surface area contributed by atoms with E-state index < -0.39 is 6.10 Å². The first-order chi connectivity index (χ1) is 14.2. The third-order valence-electron chi connectivity index (χ3n) is 5.04. The first-order valence-corrected chi connectivity index (χ1v) is 9.95. The molecular formula is C23H29N2O4+. The first kappa shape index (κ1) is 20.9. The number of benzene rings is 2. The van der Waals surface area contributed by atoms with Gasteiger partial charge in [0.2, 0.25) is 5.91 Å². The molecule has 1 amide bonds. The van der Waals surface area contributed by atoms with Gasteiger partial charge < -0.3 is 24.4 Å². The highest BCUT2D eigenvalue weighted by molar-refractivity contribution is 5.92. The maximum absolute atomic E-state index is 12.5. The molecule has 1 aliphatic rings. The van der Waals surface area contributed by atoms with E-state index in [9.17, 15) is 9.90 Å². The van der Waals surface area contributed by atoms with Crippen molar-refractivity contribution in [1.29, 1.82) is 0 Å². The molecule has 0 bridgehead atoms. The van der Waals surface area contributed by atoms with Gasteiger partial charge >= 0.3 is 0 Å². The smallest absolute Gasteiger partial charge is 0.246 e. The molecule has 0 spiro atoms. The Bertz CT molecular complexity index is 802. The van der Waals surface area contributed by atoms with Gasteiger partial charge in [-0.1, -0.05) is 36.4 Å². The molecule has 29 heavy (non-hydrogen) atoms. The standard InChI is InChI=1S/C23H28N2O4/c1-28-22-10-6-5-7-19(22)11-12-23(27)25-15-13-24(14-16-25)17-20(26)18-29-21-8-3-2-4-9-21/h2-12,20,26H,13-18H2,1H3/p+1/b12-11+/t20-/m1/s1. The van der Waals surface area contributed by atoms with Gasteiger partial charge in [-0.25, -0.2) is 0 Å². The summed E-state index contributed by atoms with van der Waals surface area (Å²) in [5.41, 5.74) is 0.883. The number of para-hydroxylation sites is 2. The number of carbonyl (C=O) groups is 1. The number of amides is 1. The minimum Gasteiger partial charge on any atom is -0.496 e. The van der Waals surface area contributed by atoms with Crippen molar-refractivity contribution in [2.24, 2.45) is 0 Å². The van der Waals surface area contributed by atoms with E-state index in [0.717, 1.165) is 30.2 Å². The van der Waals surface area contributed by atoms with E-state index in [2.05, 4.69) is 0 Å². The van der Waals surface area contributed by atoms with Crippen molar-refractivity contribution in [3.05, 3.63) is 66.2 Å². The average molecular weight is 397 g/mol. The van der Waals surface area contributed by atoms with Gasteiger partial charge in [-0.2, -0.15) is 0 Å². The molecule has 2 aromatic carbocycles. The number of aliphatic hydroxyl groups excluding tert-OH is 1. The number of hydrogen-bond acceptors (Lipinski definition) is 4. The summed E-state index contributed by atoms with van der Waals surface area (Å²) >= 11 is 0. The quantitative estimate of drug-likeness (QED) is 0.649. The Balaban J connectivity index is 1.41. The molecule has 1 atom stereocenters. The van der Waals surface area contributed by atoms with Gasteiger partial charge in [0, 0.05) is 11.6 Å². The maximum atomic E-state index is 12.5. The van der Waals surface area contributed by atoms with Gasteiger partial charge in [-0.05, 0) is 24.3 Å². The minimum absolute atomic E-state index is 0.00270. The fourth-order valence-electron chi connectivity index (χ4n) is 3.42. The van der Waals surface area contributed by atoms with Crippen molar-refractivity contribution < 1.29 is 24.3 Å². The van der Waals surface area contributed by atoms with Crippen LogP contribution >= 0.6 is 0 Å². The van der Waals surface area contributed by atoms with Gasteiger partial charge in [-0.3, -0.25) is 4.79 Å². The van der Waals surface area contributed by atoms with E-state index in [1.807, 2.05) is 59.5 Å². The Labute approximate surface area is 172 Å². The van der Waals surface area contributed by atoms with Crippen molar-refractivity contribution >= 4 is 12.0 Å². The zero-order chi connectivity index (χ0) is 20.5. The van der Waals surface area contributed by atoms with Crippen molar-refractivity contribution in [2.75, 3.05) is 46.4 Å². The van der Waals surface area contributed by atoms with Gasteiger partial charge in [0.05, 0.1) is 33.3 Å². The number of ether oxygens (including phenoxy) is 2. The number of nitrogens with zero attached hydrogens (tertiary/aromatic N) is 1. The third kappa shape index (κ3) is 6.34. The molecular weight excluding hydrogens is 368 g/mol. The van der Waals surface area contributed by atoms with Crippen LogP contribution in [-0.2, 0) is 4.79 Å². The fraction of sp³-hybridized carbons (Fsp3) is 0.348. The molecule has 2 N–H and O–H groups in total. The molecule has 0 aromatic heterocycles. The van der Waals surface area contributed by atoms with E-state index in [-0.39, 0.29) is 12.5 Å². The van der Waals surface area contributed by atoms with Crippen LogP contribution in [0.25, 0.3) is 6.08 Å². The van der Waals surface area contributed by atoms with Crippen LogP contribution in [0, 0.1) is 0 Å². The van der Waals surface area contributed by atoms with Crippen molar-refractivity contribution in [3.63, 3.8) is 0 Å². The normalized spacial score (nSPS) is 16.0. The van der Waals surface area contributed by atoms with E-state index >= 15 is 0 Å². The molecule has 3 rings (SSSR count). The molecule has 0 saturated carbocycles. The molecule has 1 saturated heterocycles. The van der Waals surface area contributed by atoms with Crippen molar-refractivity contribution in [1.82, 2.24) is 4.90 Å². The summed E-state index contributed by atoms with van der Waals surface area (Å²) in [4.78, 5) is 15.6. The number of methoxy groups -OCH3 is 1. The molecule has 2 aromatic rings. The second-order valence-corrected chi connectivity index (χ2v) is 7.13. The minimum atomic E-state index is -0.530. The highest BCUT2D eigenvalue weighted by Gasteiger charge is 2.24. The SMILES string of the molecule is COc1ccccc1/C=C/C(=O)N1CC[NH+](C[C@@H](O)COc2ccccc2)CC1. The Morgan fingerprint density at radius 3 is 2.55 bits per heavy atom. The number of piperazine rings is 1. The number of hydrogen-bond donors (Lipinski definition) is 2. The monoisotopic (exact) mass is 397 g/mol. The molecule has 0 aliphatic carbocycles. The molecule has 6 nitrogen and oxygen atoms in total. The van der Waals surface area contributed by atoms with E-state index in [0.29, 0.717) is 19.6 Å². The molecule has 0 radical (unpaired) electrons. The highest BCUT2D eigenvalue weighted by Crippen LogP contribution is 2.18. The largest absolute Gasteiger partial charge is 0.496 e. The Kier molecular flexibility index (Phi) is 7.67. The van der Waals surface area contributed by atoms with Gasteiger partial charge in [0.15, 0.2) is 0 Å². The van der Waals surface area contributed by atoms with Crippen LogP contribution in [0.2, 0.25) is 0 Å². The lowest BCUT2D eigenvalue weighted by molar-refractivity contribution is -0.907. The van der Waals surface area contributed by atoms with Crippen LogP contribution in [0.5, 0.6) is 11.5 Å².